The van der Waals surface area contributed by atoms with Crippen LogP contribution in [0.5, 0.6) is 0 Å². The first-order valence-electron chi connectivity index (χ1n) is 10.9. The summed E-state index contributed by atoms with van der Waals surface area (Å²) in [5.74, 6) is 0. The Bertz CT molecular complexity index is 1580. The summed E-state index contributed by atoms with van der Waals surface area (Å²) in [6, 6.07) is 14.8. The molecule has 33 heavy (non-hydrogen) atoms. The maximum absolute atomic E-state index is 5.28. The van der Waals surface area contributed by atoms with Crippen molar-refractivity contribution >= 4 is 27.6 Å². The van der Waals surface area contributed by atoms with Crippen molar-refractivity contribution in [2.45, 2.75) is 19.9 Å². The number of rotatable bonds is 5. The van der Waals surface area contributed by atoms with Crippen LogP contribution >= 0.6 is 0 Å². The van der Waals surface area contributed by atoms with Crippen molar-refractivity contribution in [3.63, 3.8) is 0 Å². The third-order valence-electron chi connectivity index (χ3n) is 5.71. The highest BCUT2D eigenvalue weighted by Gasteiger charge is 2.15. The summed E-state index contributed by atoms with van der Waals surface area (Å²) in [7, 11) is 0. The number of benzene rings is 1. The highest BCUT2D eigenvalue weighted by Crippen LogP contribution is 2.34. The zero-order valence-electron chi connectivity index (χ0n) is 18.3. The van der Waals surface area contributed by atoms with E-state index in [9.17, 15) is 0 Å². The molecule has 0 aliphatic rings. The summed E-state index contributed by atoms with van der Waals surface area (Å²) in [5, 5.41) is 13.2. The predicted molar refractivity (Wildman–Crippen MR) is 131 cm³/mol. The lowest BCUT2D eigenvalue weighted by atomic mass is 10.0. The van der Waals surface area contributed by atoms with Gasteiger partial charge in [0.1, 0.15) is 11.3 Å². The highest BCUT2D eigenvalue weighted by molar-refractivity contribution is 6.00. The van der Waals surface area contributed by atoms with E-state index in [2.05, 4.69) is 74.6 Å². The zero-order chi connectivity index (χ0) is 22.4. The van der Waals surface area contributed by atoms with E-state index in [0.717, 1.165) is 61.3 Å². The Kier molecular flexibility index (Phi) is 4.47. The Morgan fingerprint density at radius 2 is 1.88 bits per heavy atom. The summed E-state index contributed by atoms with van der Waals surface area (Å²) >= 11 is 0. The molecule has 7 nitrogen and oxygen atoms in total. The third-order valence-corrected chi connectivity index (χ3v) is 5.71. The van der Waals surface area contributed by atoms with Crippen LogP contribution in [-0.2, 0) is 0 Å². The van der Waals surface area contributed by atoms with Crippen molar-refractivity contribution in [1.29, 1.82) is 0 Å². The molecule has 0 atom stereocenters. The number of aromatic amines is 2. The molecule has 0 aliphatic carbocycles. The number of nitrogens with zero attached hydrogens (tertiary/aromatic N) is 3. The molecule has 162 valence electrons. The number of nitrogens with one attached hydrogen (secondary N) is 3. The molecule has 0 fully saturated rings. The Labute approximate surface area is 189 Å². The second-order valence-corrected chi connectivity index (χ2v) is 8.41. The van der Waals surface area contributed by atoms with E-state index in [1.165, 1.54) is 0 Å². The molecule has 3 N–H and O–H groups in total. The summed E-state index contributed by atoms with van der Waals surface area (Å²) < 4.78 is 5.28. The number of anilines is 1. The molecule has 0 radical (unpaired) electrons. The zero-order valence-corrected chi connectivity index (χ0v) is 18.3. The van der Waals surface area contributed by atoms with Gasteiger partial charge in [-0.2, -0.15) is 5.10 Å². The molecule has 6 aromatic rings. The van der Waals surface area contributed by atoms with Crippen LogP contribution in [0.25, 0.3) is 55.6 Å². The highest BCUT2D eigenvalue weighted by atomic mass is 16.3. The average molecular weight is 435 g/mol. The molecular weight excluding hydrogens is 412 g/mol. The van der Waals surface area contributed by atoms with Gasteiger partial charge in [-0.05, 0) is 61.4 Å². The van der Waals surface area contributed by atoms with Gasteiger partial charge >= 0.3 is 0 Å². The smallest absolute Gasteiger partial charge is 0.138 e. The lowest BCUT2D eigenvalue weighted by Gasteiger charge is -2.11. The largest absolute Gasteiger partial charge is 0.472 e. The summed E-state index contributed by atoms with van der Waals surface area (Å²) in [6.45, 7) is 4.23. The van der Waals surface area contributed by atoms with Crippen LogP contribution in [0.2, 0.25) is 0 Å². The van der Waals surface area contributed by atoms with Gasteiger partial charge < -0.3 is 14.7 Å². The van der Waals surface area contributed by atoms with Gasteiger partial charge in [-0.25, -0.2) is 4.98 Å². The molecule has 5 aromatic heterocycles. The second kappa shape index (κ2) is 7.63. The van der Waals surface area contributed by atoms with Crippen molar-refractivity contribution in [1.82, 2.24) is 25.1 Å². The monoisotopic (exact) mass is 434 g/mol. The van der Waals surface area contributed by atoms with E-state index in [1.54, 1.807) is 18.7 Å². The number of furan rings is 1. The minimum Gasteiger partial charge on any atom is -0.472 e. The molecule has 0 spiro atoms. The molecule has 0 unspecified atom stereocenters. The first kappa shape index (κ1) is 19.3. The van der Waals surface area contributed by atoms with Crippen LogP contribution in [0.4, 0.5) is 5.69 Å². The molecular formula is C26H22N6O. The van der Waals surface area contributed by atoms with Gasteiger partial charge in [0, 0.05) is 46.5 Å². The maximum atomic E-state index is 5.28. The van der Waals surface area contributed by atoms with Crippen molar-refractivity contribution in [2.75, 3.05) is 5.32 Å². The first-order chi connectivity index (χ1) is 16.2. The first-order valence-corrected chi connectivity index (χ1v) is 10.9. The fourth-order valence-corrected chi connectivity index (χ4v) is 4.23. The van der Waals surface area contributed by atoms with Crippen molar-refractivity contribution < 1.29 is 4.42 Å². The molecule has 5 heterocycles. The van der Waals surface area contributed by atoms with Crippen molar-refractivity contribution in [3.8, 4) is 33.6 Å². The molecule has 0 saturated carbocycles. The van der Waals surface area contributed by atoms with E-state index in [4.69, 9.17) is 4.42 Å². The van der Waals surface area contributed by atoms with Gasteiger partial charge in [0.2, 0.25) is 0 Å². The summed E-state index contributed by atoms with van der Waals surface area (Å²) in [4.78, 5) is 12.4. The topological polar surface area (TPSA) is 95.4 Å². The molecule has 1 aromatic carbocycles. The van der Waals surface area contributed by atoms with Crippen LogP contribution < -0.4 is 5.32 Å². The van der Waals surface area contributed by atoms with Gasteiger partial charge in [0.15, 0.2) is 0 Å². The molecule has 0 aliphatic heterocycles. The van der Waals surface area contributed by atoms with E-state index in [0.29, 0.717) is 6.04 Å². The van der Waals surface area contributed by atoms with Crippen molar-refractivity contribution in [3.05, 3.63) is 73.6 Å². The lowest BCUT2D eigenvalue weighted by molar-refractivity contribution is 0.568. The summed E-state index contributed by atoms with van der Waals surface area (Å²) in [5.41, 5.74) is 8.77. The van der Waals surface area contributed by atoms with Crippen LogP contribution in [0.15, 0.2) is 78.0 Å². The quantitative estimate of drug-likeness (QED) is 0.298. The van der Waals surface area contributed by atoms with E-state index >= 15 is 0 Å². The predicted octanol–water partition coefficient (Wildman–Crippen LogP) is 6.25. The lowest BCUT2D eigenvalue weighted by Crippen LogP contribution is -2.09. The standard InChI is InChI=1S/C26H22N6O/c1-15(2)29-19-9-18(12-27-13-19)16-3-4-23-22(10-16)25(32-31-23)24-11-21-20(17-6-8-33-14-17)5-7-28-26(21)30-24/h3-15,29H,1-2H3,(H,28,30)(H,31,32). The van der Waals surface area contributed by atoms with E-state index in [1.807, 2.05) is 24.5 Å². The van der Waals surface area contributed by atoms with Gasteiger partial charge in [-0.3, -0.25) is 10.1 Å². The number of aromatic nitrogens is 5. The van der Waals surface area contributed by atoms with Gasteiger partial charge in [-0.1, -0.05) is 6.07 Å². The van der Waals surface area contributed by atoms with E-state index < -0.39 is 0 Å². The van der Waals surface area contributed by atoms with Gasteiger partial charge in [0.25, 0.3) is 0 Å². The number of pyridine rings is 2. The molecule has 0 bridgehead atoms. The Morgan fingerprint density at radius 3 is 2.73 bits per heavy atom. The Balaban J connectivity index is 1.45. The minimum atomic E-state index is 0.340. The van der Waals surface area contributed by atoms with Crippen LogP contribution in [0.1, 0.15) is 13.8 Å². The Morgan fingerprint density at radius 1 is 0.939 bits per heavy atom. The van der Waals surface area contributed by atoms with E-state index in [-0.39, 0.29) is 0 Å². The van der Waals surface area contributed by atoms with Gasteiger partial charge in [-0.15, -0.1) is 0 Å². The maximum Gasteiger partial charge on any atom is 0.138 e. The molecule has 0 amide bonds. The minimum absolute atomic E-state index is 0.340. The fraction of sp³-hybridized carbons (Fsp3) is 0.115. The summed E-state index contributed by atoms with van der Waals surface area (Å²) in [6.07, 6.45) is 8.96. The van der Waals surface area contributed by atoms with Crippen LogP contribution in [0.3, 0.4) is 0 Å². The van der Waals surface area contributed by atoms with Crippen molar-refractivity contribution in [2.24, 2.45) is 0 Å². The number of hydrogen-bond acceptors (Lipinski definition) is 5. The fourth-order valence-electron chi connectivity index (χ4n) is 4.23. The van der Waals surface area contributed by atoms with Crippen LogP contribution in [-0.4, -0.2) is 31.2 Å². The number of H-pyrrole nitrogens is 2. The SMILES string of the molecule is CC(C)Nc1cncc(-c2ccc3[nH]nc(-c4cc5c(-c6ccoc6)ccnc5[nH]4)c3c2)c1. The van der Waals surface area contributed by atoms with Gasteiger partial charge in [0.05, 0.1) is 29.4 Å². The number of fused-ring (bicyclic) bond motifs is 2. The molecule has 0 saturated heterocycles. The second-order valence-electron chi connectivity index (χ2n) is 8.41. The Hall–Kier alpha value is -4.39. The molecule has 6 rings (SSSR count). The third kappa shape index (κ3) is 3.43. The molecule has 7 heteroatoms. The number of hydrogen-bond donors (Lipinski definition) is 3. The normalized spacial score (nSPS) is 11.6. The average Bonchev–Trinajstić information content (AvgIpc) is 3.57. The van der Waals surface area contributed by atoms with Crippen LogP contribution in [0, 0.1) is 0 Å².